The van der Waals surface area contributed by atoms with E-state index >= 15 is 0 Å². The molecule has 0 saturated carbocycles. The van der Waals surface area contributed by atoms with Gasteiger partial charge in [0.05, 0.1) is 11.5 Å². The number of hydrogen-bond donors (Lipinski definition) is 1. The first-order valence-corrected chi connectivity index (χ1v) is 13.0. The maximum absolute atomic E-state index is 10.6. The Hall–Kier alpha value is -1.65. The Morgan fingerprint density at radius 1 is 1.00 bits per heavy atom. The number of rotatable bonds is 11. The van der Waals surface area contributed by atoms with E-state index in [0.717, 1.165) is 6.42 Å². The summed E-state index contributed by atoms with van der Waals surface area (Å²) in [7, 11) is -2.57. The second-order valence-corrected chi connectivity index (χ2v) is 13.5. The van der Waals surface area contributed by atoms with Crippen molar-refractivity contribution in [1.82, 2.24) is 0 Å². The van der Waals surface area contributed by atoms with Crippen molar-refractivity contribution < 1.29 is 9.53 Å². The van der Waals surface area contributed by atoms with Gasteiger partial charge in [-0.05, 0) is 34.7 Å². The van der Waals surface area contributed by atoms with Crippen LogP contribution in [0, 0.1) is 0 Å². The van der Waals surface area contributed by atoms with E-state index in [1.54, 1.807) is 0 Å². The number of aliphatic hydroxyl groups excluding tert-OH is 1. The lowest BCUT2D eigenvalue weighted by atomic mass is 10.1. The third-order valence-electron chi connectivity index (χ3n) is 5.40. The first-order chi connectivity index (χ1) is 14.3. The maximum atomic E-state index is 10.6. The van der Waals surface area contributed by atoms with Crippen molar-refractivity contribution in [3.63, 3.8) is 0 Å². The van der Waals surface area contributed by atoms with Crippen LogP contribution in [0.1, 0.15) is 40.0 Å². The van der Waals surface area contributed by atoms with Gasteiger partial charge in [0.2, 0.25) is 0 Å². The molecule has 2 nitrogen and oxygen atoms in total. The molecule has 0 aliphatic heterocycles. The molecular formula is C26H35ClO2Si. The summed E-state index contributed by atoms with van der Waals surface area (Å²) < 4.78 is 6.82. The average Bonchev–Trinajstić information content (AvgIpc) is 2.74. The number of alkyl halides is 1. The van der Waals surface area contributed by atoms with Crippen molar-refractivity contribution in [3.05, 3.63) is 85.5 Å². The van der Waals surface area contributed by atoms with Crippen LogP contribution in [0.5, 0.6) is 0 Å². The zero-order valence-corrected chi connectivity index (χ0v) is 20.2. The Morgan fingerprint density at radius 3 is 2.00 bits per heavy atom. The van der Waals surface area contributed by atoms with Crippen LogP contribution in [0.4, 0.5) is 0 Å². The Morgan fingerprint density at radius 2 is 1.53 bits per heavy atom. The molecule has 2 rings (SSSR count). The smallest absolute Gasteiger partial charge is 0.261 e. The fourth-order valence-electron chi connectivity index (χ4n) is 3.85. The highest BCUT2D eigenvalue weighted by molar-refractivity contribution is 6.99. The van der Waals surface area contributed by atoms with E-state index < -0.39 is 14.4 Å². The zero-order chi connectivity index (χ0) is 22.0. The predicted molar refractivity (Wildman–Crippen MR) is 132 cm³/mol. The van der Waals surface area contributed by atoms with Crippen molar-refractivity contribution in [2.45, 2.75) is 56.6 Å². The second-order valence-electron chi connectivity index (χ2n) is 8.62. The molecule has 0 spiro atoms. The summed E-state index contributed by atoms with van der Waals surface area (Å²) in [5, 5.41) is 12.7. The van der Waals surface area contributed by atoms with Crippen molar-refractivity contribution in [2.24, 2.45) is 0 Å². The number of halogens is 1. The Labute approximate surface area is 188 Å². The van der Waals surface area contributed by atoms with Gasteiger partial charge in [0.1, 0.15) is 0 Å². The van der Waals surface area contributed by atoms with Crippen LogP contribution < -0.4 is 10.4 Å². The monoisotopic (exact) mass is 442 g/mol. The topological polar surface area (TPSA) is 29.5 Å². The summed E-state index contributed by atoms with van der Waals surface area (Å²) in [6, 6.07) is 21.1. The minimum Gasteiger partial charge on any atom is -0.407 e. The highest BCUT2D eigenvalue weighted by Gasteiger charge is 2.50. The van der Waals surface area contributed by atoms with Gasteiger partial charge < -0.3 is 9.53 Å². The van der Waals surface area contributed by atoms with Crippen LogP contribution in [0.25, 0.3) is 0 Å². The quantitative estimate of drug-likeness (QED) is 0.285. The molecule has 0 bridgehead atoms. The molecule has 0 aliphatic carbocycles. The van der Waals surface area contributed by atoms with Gasteiger partial charge in [-0.15, -0.1) is 18.2 Å². The van der Waals surface area contributed by atoms with Gasteiger partial charge in [-0.1, -0.05) is 99.7 Å². The summed E-state index contributed by atoms with van der Waals surface area (Å²) in [4.78, 5) is 0. The largest absolute Gasteiger partial charge is 0.407 e. The third-order valence-corrected chi connectivity index (χ3v) is 10.9. The van der Waals surface area contributed by atoms with Gasteiger partial charge >= 0.3 is 0 Å². The molecule has 1 N–H and O–H groups in total. The normalized spacial score (nSPS) is 14.6. The fraction of sp³-hybridized carbons (Fsp3) is 0.385. The van der Waals surface area contributed by atoms with E-state index in [2.05, 4.69) is 75.9 Å². The molecule has 30 heavy (non-hydrogen) atoms. The Kier molecular flexibility index (Phi) is 9.57. The van der Waals surface area contributed by atoms with Gasteiger partial charge in [0.15, 0.2) is 0 Å². The number of allylic oxidation sites excluding steroid dienone is 3. The average molecular weight is 443 g/mol. The van der Waals surface area contributed by atoms with Crippen molar-refractivity contribution in [3.8, 4) is 0 Å². The van der Waals surface area contributed by atoms with Crippen LogP contribution in [0.3, 0.4) is 0 Å². The van der Waals surface area contributed by atoms with Crippen LogP contribution in [-0.2, 0) is 4.43 Å². The summed E-state index contributed by atoms with van der Waals surface area (Å²) >= 11 is 6.41. The molecule has 0 fully saturated rings. The number of aliphatic hydroxyl groups is 1. The summed E-state index contributed by atoms with van der Waals surface area (Å²) in [5.74, 6) is 0. The van der Waals surface area contributed by atoms with Crippen molar-refractivity contribution in [1.29, 1.82) is 0 Å². The summed E-state index contributed by atoms with van der Waals surface area (Å²) in [6.45, 7) is 10.9. The van der Waals surface area contributed by atoms with Gasteiger partial charge in [-0.2, -0.15) is 0 Å². The van der Waals surface area contributed by atoms with E-state index in [9.17, 15) is 5.11 Å². The molecule has 0 amide bonds. The molecule has 4 heteroatoms. The fourth-order valence-corrected chi connectivity index (χ4v) is 8.66. The highest BCUT2D eigenvalue weighted by atomic mass is 35.5. The zero-order valence-electron chi connectivity index (χ0n) is 18.4. The van der Waals surface area contributed by atoms with E-state index in [4.69, 9.17) is 16.0 Å². The molecule has 2 aromatic rings. The lowest BCUT2D eigenvalue weighted by molar-refractivity contribution is 0.132. The molecule has 0 heterocycles. The van der Waals surface area contributed by atoms with Crippen molar-refractivity contribution in [2.75, 3.05) is 6.61 Å². The second kappa shape index (κ2) is 11.7. The molecule has 0 unspecified atom stereocenters. The minimum atomic E-state index is -2.57. The van der Waals surface area contributed by atoms with E-state index in [1.807, 2.05) is 30.4 Å². The standard InChI is InChI=1S/C26H35ClO2Si/c1-5-6-7-14-19-24(27)25(28)20-21-29-30(26(2,3)4,22-15-10-8-11-16-22)23-17-12-9-13-18-23/h5,7-18,24-25,28H,1,6,19-21H2,2-4H3/b14-7-/t24-,25-/m1/s1. The highest BCUT2D eigenvalue weighted by Crippen LogP contribution is 2.36. The summed E-state index contributed by atoms with van der Waals surface area (Å²) in [6.07, 6.45) is 7.21. The van der Waals surface area contributed by atoms with Gasteiger partial charge in [0.25, 0.3) is 8.32 Å². The van der Waals surface area contributed by atoms with Crippen LogP contribution in [0.15, 0.2) is 85.5 Å². The lowest BCUT2D eigenvalue weighted by Crippen LogP contribution is -2.66. The molecule has 0 radical (unpaired) electrons. The van der Waals surface area contributed by atoms with Crippen LogP contribution >= 0.6 is 11.6 Å². The first-order valence-electron chi connectivity index (χ1n) is 10.7. The minimum absolute atomic E-state index is 0.0749. The third kappa shape index (κ3) is 6.18. The maximum Gasteiger partial charge on any atom is 0.261 e. The number of hydrogen-bond acceptors (Lipinski definition) is 2. The molecule has 0 aromatic heterocycles. The molecule has 162 valence electrons. The van der Waals surface area contributed by atoms with Crippen LogP contribution in [-0.4, -0.2) is 31.5 Å². The van der Waals surface area contributed by atoms with Gasteiger partial charge in [-0.3, -0.25) is 0 Å². The Balaban J connectivity index is 2.22. The Bertz CT molecular complexity index is 744. The van der Waals surface area contributed by atoms with E-state index in [0.29, 0.717) is 19.4 Å². The SMILES string of the molecule is C=CC/C=C\C[C@@H](Cl)[C@H](O)CCO[Si](c1ccccc1)(c1ccccc1)C(C)(C)C. The van der Waals surface area contributed by atoms with Crippen LogP contribution in [0.2, 0.25) is 5.04 Å². The molecule has 0 saturated heterocycles. The molecule has 2 atom stereocenters. The van der Waals surface area contributed by atoms with Gasteiger partial charge in [-0.25, -0.2) is 0 Å². The van der Waals surface area contributed by atoms with Gasteiger partial charge in [0, 0.05) is 6.61 Å². The van der Waals surface area contributed by atoms with E-state index in [-0.39, 0.29) is 10.4 Å². The number of benzene rings is 2. The first kappa shape index (κ1) is 24.6. The molecule has 2 aromatic carbocycles. The molecular weight excluding hydrogens is 408 g/mol. The molecule has 0 aliphatic rings. The van der Waals surface area contributed by atoms with Crippen molar-refractivity contribution >= 4 is 30.3 Å². The van der Waals surface area contributed by atoms with E-state index in [1.165, 1.54) is 10.4 Å². The predicted octanol–water partition coefficient (Wildman–Crippen LogP) is 5.44. The summed E-state index contributed by atoms with van der Waals surface area (Å²) in [5.41, 5.74) is 0. The lowest BCUT2D eigenvalue weighted by Gasteiger charge is -2.43.